The molecule has 1 aliphatic heterocycles. The van der Waals surface area contributed by atoms with Crippen molar-refractivity contribution >= 4 is 29.2 Å². The largest absolute Gasteiger partial charge is 0.478 e. The summed E-state index contributed by atoms with van der Waals surface area (Å²) in [5.41, 5.74) is 0.336. The van der Waals surface area contributed by atoms with Gasteiger partial charge in [-0.05, 0) is 37.6 Å². The molecule has 22 heavy (non-hydrogen) atoms. The fraction of sp³-hybridized carbons (Fsp3) is 0.400. The average molecular weight is 322 g/mol. The standard InChI is InChI=1S/C15H16ClN3O3/c16-13-4-3-11(6-12(13)15(21)22)18-14(20)9-19-5-1-2-10(7-17)8-19/h3-4,6,10H,1-2,5,8-9H2,(H,18,20)(H,21,22)/t10-/m1/s1. The number of amides is 1. The van der Waals surface area contributed by atoms with Gasteiger partial charge in [-0.15, -0.1) is 0 Å². The Morgan fingerprint density at radius 2 is 2.27 bits per heavy atom. The smallest absolute Gasteiger partial charge is 0.337 e. The van der Waals surface area contributed by atoms with Crippen LogP contribution in [0.1, 0.15) is 23.2 Å². The third kappa shape index (κ3) is 4.20. The number of likely N-dealkylation sites (tertiary alicyclic amines) is 1. The van der Waals surface area contributed by atoms with Gasteiger partial charge in [0, 0.05) is 12.2 Å². The van der Waals surface area contributed by atoms with E-state index < -0.39 is 5.97 Å². The highest BCUT2D eigenvalue weighted by atomic mass is 35.5. The fourth-order valence-corrected chi connectivity index (χ4v) is 2.67. The quantitative estimate of drug-likeness (QED) is 0.886. The molecule has 0 aliphatic carbocycles. The summed E-state index contributed by atoms with van der Waals surface area (Å²) in [6.07, 6.45) is 1.77. The van der Waals surface area contributed by atoms with E-state index >= 15 is 0 Å². The Bertz CT molecular complexity index is 627. The molecule has 1 aliphatic rings. The topological polar surface area (TPSA) is 93.4 Å². The molecule has 0 spiro atoms. The van der Waals surface area contributed by atoms with Gasteiger partial charge in [-0.3, -0.25) is 9.69 Å². The normalized spacial score (nSPS) is 18.5. The van der Waals surface area contributed by atoms with E-state index in [-0.39, 0.29) is 29.0 Å². The molecule has 0 unspecified atom stereocenters. The molecule has 1 fully saturated rings. The Morgan fingerprint density at radius 1 is 1.50 bits per heavy atom. The Labute approximate surface area is 133 Å². The van der Waals surface area contributed by atoms with Crippen LogP contribution >= 0.6 is 11.6 Å². The van der Waals surface area contributed by atoms with E-state index in [0.29, 0.717) is 12.2 Å². The van der Waals surface area contributed by atoms with Gasteiger partial charge in [-0.2, -0.15) is 5.26 Å². The number of nitrogens with one attached hydrogen (secondary N) is 1. The Morgan fingerprint density at radius 3 is 2.95 bits per heavy atom. The van der Waals surface area contributed by atoms with Crippen LogP contribution in [0.3, 0.4) is 0 Å². The lowest BCUT2D eigenvalue weighted by Crippen LogP contribution is -2.40. The van der Waals surface area contributed by atoms with E-state index in [9.17, 15) is 9.59 Å². The first-order valence-electron chi connectivity index (χ1n) is 6.94. The highest BCUT2D eigenvalue weighted by molar-refractivity contribution is 6.33. The van der Waals surface area contributed by atoms with E-state index in [0.717, 1.165) is 19.4 Å². The molecular weight excluding hydrogens is 306 g/mol. The minimum atomic E-state index is -1.14. The summed E-state index contributed by atoms with van der Waals surface area (Å²) in [6, 6.07) is 6.55. The van der Waals surface area contributed by atoms with Crippen LogP contribution in [-0.2, 0) is 4.79 Å². The van der Waals surface area contributed by atoms with Crippen molar-refractivity contribution < 1.29 is 14.7 Å². The van der Waals surface area contributed by atoms with Crippen molar-refractivity contribution in [1.29, 1.82) is 5.26 Å². The van der Waals surface area contributed by atoms with Crippen LogP contribution in [0, 0.1) is 17.2 Å². The van der Waals surface area contributed by atoms with Crippen LogP contribution in [0.15, 0.2) is 18.2 Å². The lowest BCUT2D eigenvalue weighted by atomic mass is 10.00. The van der Waals surface area contributed by atoms with Gasteiger partial charge in [0.05, 0.1) is 29.1 Å². The molecular formula is C15H16ClN3O3. The monoisotopic (exact) mass is 321 g/mol. The van der Waals surface area contributed by atoms with Crippen LogP contribution in [0.25, 0.3) is 0 Å². The summed E-state index contributed by atoms with van der Waals surface area (Å²) >= 11 is 5.78. The summed E-state index contributed by atoms with van der Waals surface area (Å²) in [6.45, 7) is 1.56. The van der Waals surface area contributed by atoms with E-state index in [1.165, 1.54) is 12.1 Å². The average Bonchev–Trinajstić information content (AvgIpc) is 2.49. The lowest BCUT2D eigenvalue weighted by molar-refractivity contribution is -0.117. The van der Waals surface area contributed by atoms with Crippen LogP contribution in [0.2, 0.25) is 5.02 Å². The first-order chi connectivity index (χ1) is 10.5. The number of halogens is 1. The first kappa shape index (κ1) is 16.3. The number of carboxylic acid groups (broad SMARTS) is 1. The van der Waals surface area contributed by atoms with Gasteiger partial charge in [0.2, 0.25) is 5.91 Å². The van der Waals surface area contributed by atoms with E-state index in [4.69, 9.17) is 22.0 Å². The van der Waals surface area contributed by atoms with E-state index in [1.54, 1.807) is 6.07 Å². The lowest BCUT2D eigenvalue weighted by Gasteiger charge is -2.28. The number of hydrogen-bond acceptors (Lipinski definition) is 4. The molecule has 7 heteroatoms. The van der Waals surface area contributed by atoms with Crippen LogP contribution in [0.5, 0.6) is 0 Å². The summed E-state index contributed by atoms with van der Waals surface area (Å²) < 4.78 is 0. The van der Waals surface area contributed by atoms with Crippen molar-refractivity contribution in [2.24, 2.45) is 5.92 Å². The molecule has 1 aromatic rings. The van der Waals surface area contributed by atoms with E-state index in [1.807, 2.05) is 4.90 Å². The number of carboxylic acids is 1. The zero-order valence-corrected chi connectivity index (χ0v) is 12.6. The number of anilines is 1. The Kier molecular flexibility index (Phi) is 5.36. The number of aromatic carboxylic acids is 1. The summed E-state index contributed by atoms with van der Waals surface area (Å²) in [4.78, 5) is 25.0. The highest BCUT2D eigenvalue weighted by Crippen LogP contribution is 2.21. The van der Waals surface area contributed by atoms with Gasteiger partial charge in [0.25, 0.3) is 0 Å². The van der Waals surface area contributed by atoms with Crippen molar-refractivity contribution in [2.45, 2.75) is 12.8 Å². The zero-order valence-electron chi connectivity index (χ0n) is 11.9. The first-order valence-corrected chi connectivity index (χ1v) is 7.32. The Balaban J connectivity index is 1.96. The third-order valence-electron chi connectivity index (χ3n) is 3.54. The third-order valence-corrected chi connectivity index (χ3v) is 3.87. The minimum Gasteiger partial charge on any atom is -0.478 e. The second-order valence-electron chi connectivity index (χ2n) is 5.25. The number of nitriles is 1. The number of rotatable bonds is 4. The maximum absolute atomic E-state index is 12.0. The molecule has 2 rings (SSSR count). The predicted octanol–water partition coefficient (Wildman–Crippen LogP) is 2.21. The number of carbonyl (C=O) groups is 2. The molecule has 1 saturated heterocycles. The van der Waals surface area contributed by atoms with Gasteiger partial charge in [-0.1, -0.05) is 11.6 Å². The Hall–Kier alpha value is -2.10. The number of benzene rings is 1. The second kappa shape index (κ2) is 7.25. The van der Waals surface area contributed by atoms with Crippen molar-refractivity contribution in [3.8, 4) is 6.07 Å². The molecule has 0 bridgehead atoms. The van der Waals surface area contributed by atoms with Crippen molar-refractivity contribution in [2.75, 3.05) is 25.0 Å². The summed E-state index contributed by atoms with van der Waals surface area (Å²) in [5, 5.41) is 20.7. The van der Waals surface area contributed by atoms with E-state index in [2.05, 4.69) is 11.4 Å². The predicted molar refractivity (Wildman–Crippen MR) is 81.8 cm³/mol. The summed E-state index contributed by atoms with van der Waals surface area (Å²) in [5.74, 6) is -1.41. The van der Waals surface area contributed by atoms with Crippen molar-refractivity contribution in [1.82, 2.24) is 4.90 Å². The number of nitrogens with zero attached hydrogens (tertiary/aromatic N) is 2. The zero-order chi connectivity index (χ0) is 16.1. The molecule has 0 radical (unpaired) electrons. The van der Waals surface area contributed by atoms with Gasteiger partial charge >= 0.3 is 5.97 Å². The van der Waals surface area contributed by atoms with Gasteiger partial charge in [-0.25, -0.2) is 4.79 Å². The second-order valence-corrected chi connectivity index (χ2v) is 5.66. The molecule has 1 aromatic carbocycles. The number of hydrogen-bond donors (Lipinski definition) is 2. The maximum Gasteiger partial charge on any atom is 0.337 e. The number of carbonyl (C=O) groups excluding carboxylic acids is 1. The molecule has 1 atom stereocenters. The number of piperidine rings is 1. The molecule has 0 aromatic heterocycles. The van der Waals surface area contributed by atoms with Gasteiger partial charge in [0.1, 0.15) is 0 Å². The molecule has 116 valence electrons. The van der Waals surface area contributed by atoms with Crippen LogP contribution in [0.4, 0.5) is 5.69 Å². The molecule has 1 heterocycles. The molecule has 2 N–H and O–H groups in total. The molecule has 1 amide bonds. The SMILES string of the molecule is N#C[C@H]1CCCN(CC(=O)Nc2ccc(Cl)c(C(=O)O)c2)C1. The van der Waals surface area contributed by atoms with Crippen molar-refractivity contribution in [3.05, 3.63) is 28.8 Å². The maximum atomic E-state index is 12.0. The summed E-state index contributed by atoms with van der Waals surface area (Å²) in [7, 11) is 0. The molecule has 0 saturated carbocycles. The highest BCUT2D eigenvalue weighted by Gasteiger charge is 2.21. The van der Waals surface area contributed by atoms with Crippen LogP contribution in [-0.4, -0.2) is 41.5 Å². The minimum absolute atomic E-state index is 0.0318. The van der Waals surface area contributed by atoms with Gasteiger partial charge in [0.15, 0.2) is 0 Å². The van der Waals surface area contributed by atoms with Gasteiger partial charge < -0.3 is 10.4 Å². The fourth-order valence-electron chi connectivity index (χ4n) is 2.48. The van der Waals surface area contributed by atoms with Crippen LogP contribution < -0.4 is 5.32 Å². The molecule has 6 nitrogen and oxygen atoms in total. The van der Waals surface area contributed by atoms with Crippen molar-refractivity contribution in [3.63, 3.8) is 0 Å².